The first-order valence-corrected chi connectivity index (χ1v) is 58.2. The number of allylic oxidation sites excluding steroid dienone is 1. The summed E-state index contributed by atoms with van der Waals surface area (Å²) in [5.41, 5.74) is 8.73. The summed E-state index contributed by atoms with van der Waals surface area (Å²) in [6, 6.07) is 56.8. The number of anilines is 5. The van der Waals surface area contributed by atoms with Gasteiger partial charge in [-0.25, -0.2) is 24.0 Å². The van der Waals surface area contributed by atoms with Gasteiger partial charge in [0.05, 0.1) is 30.5 Å². The highest BCUT2D eigenvalue weighted by Gasteiger charge is 2.38. The largest absolute Gasteiger partial charge is 0.477 e. The van der Waals surface area contributed by atoms with Gasteiger partial charge in [0, 0.05) is 121 Å². The number of unbranched alkanes of at least 4 members (excludes halogenated alkanes) is 10. The minimum Gasteiger partial charge on any atom is -0.477 e. The van der Waals surface area contributed by atoms with Crippen molar-refractivity contribution in [2.75, 3.05) is 24.5 Å². The van der Waals surface area contributed by atoms with Crippen LogP contribution in [0.25, 0.3) is 0 Å². The lowest BCUT2D eigenvalue weighted by molar-refractivity contribution is -0.118. The number of amides is 5. The molecule has 150 heavy (non-hydrogen) atoms. The van der Waals surface area contributed by atoms with Crippen molar-refractivity contribution in [3.05, 3.63) is 271 Å². The average molecular weight is 2140 g/mol. The number of carboxylic acid groups (broad SMARTS) is 5. The van der Waals surface area contributed by atoms with Crippen molar-refractivity contribution in [1.29, 1.82) is 0 Å². The van der Waals surface area contributed by atoms with E-state index in [1.54, 1.807) is 30.3 Å². The second kappa shape index (κ2) is 61.9. The van der Waals surface area contributed by atoms with Crippen molar-refractivity contribution in [3.63, 3.8) is 0 Å². The number of aromatic carboxylic acids is 5. The number of carbonyl (C=O) groups excluding carboxylic acids is 6. The summed E-state index contributed by atoms with van der Waals surface area (Å²) in [7, 11) is 0. The Morgan fingerprint density at radius 2 is 0.520 bits per heavy atom. The molecular weight excluding hydrogens is 1990 g/mol. The topological polar surface area (TPSA) is 386 Å². The van der Waals surface area contributed by atoms with Gasteiger partial charge in [0.15, 0.2) is 5.78 Å². The SMILES string of the molecule is CCCCCC(=O)c1ccc(N2C(=O)CC[C@@H]2CCCc2ccc(C(=O)O)s2)cc1.CCCCCC(O)c1ccc(N2C(=O)CC[C@@H]2C=CCc2ccc(C(=O)O)s2)cc1.CCCCCC(O)c1ccc(N2C(=O)CC[C@@H]2CCCc2ccc(C(=O)O)s2)cc1.CCCCC[C@@H](O)c1ccc(N2C(=O)CC[C@@H]2CCCc2ccc(C(=O)O)s2)cc1.CCCCC[C@H](O)c1ccc(N2C(=O)CC[C@@H]2CCCc2ccc(C(=O)O)s2)cc1. The first-order chi connectivity index (χ1) is 72.5. The van der Waals surface area contributed by atoms with E-state index in [0.29, 0.717) is 74.9 Å². The molecule has 5 amide bonds. The number of aryl methyl sites for hydroxylation is 4. The van der Waals surface area contributed by atoms with Crippen LogP contribution < -0.4 is 24.5 Å². The predicted octanol–water partition coefficient (Wildman–Crippen LogP) is 27.8. The Balaban J connectivity index is 0.000000178. The van der Waals surface area contributed by atoms with Crippen LogP contribution in [0.5, 0.6) is 0 Å². The van der Waals surface area contributed by atoms with Crippen molar-refractivity contribution in [1.82, 2.24) is 0 Å². The number of carboxylic acids is 5. The zero-order valence-electron chi connectivity index (χ0n) is 87.4. The van der Waals surface area contributed by atoms with Gasteiger partial charge >= 0.3 is 29.8 Å². The van der Waals surface area contributed by atoms with Gasteiger partial charge in [0.1, 0.15) is 24.4 Å². The Hall–Kier alpha value is -11.5. The molecule has 0 spiro atoms. The van der Waals surface area contributed by atoms with E-state index in [4.69, 9.17) is 25.5 Å². The van der Waals surface area contributed by atoms with E-state index in [-0.39, 0.29) is 65.5 Å². The Kier molecular flexibility index (Phi) is 49.0. The Morgan fingerprint density at radius 3 is 0.780 bits per heavy atom. The molecule has 0 bridgehead atoms. The number of benzene rings is 5. The van der Waals surface area contributed by atoms with E-state index in [9.17, 15) is 73.2 Å². The summed E-state index contributed by atoms with van der Waals surface area (Å²) < 4.78 is 0. The van der Waals surface area contributed by atoms with Crippen LogP contribution in [0.1, 0.15) is 408 Å². The van der Waals surface area contributed by atoms with E-state index in [0.717, 1.165) is 306 Å². The third kappa shape index (κ3) is 36.1. The molecule has 15 rings (SSSR count). The van der Waals surface area contributed by atoms with Gasteiger partial charge in [-0.15, -0.1) is 56.7 Å². The second-order valence-electron chi connectivity index (χ2n) is 39.6. The second-order valence-corrected chi connectivity index (χ2v) is 45.4. The normalized spacial score (nSPS) is 17.3. The minimum absolute atomic E-state index is 0.00302. The molecule has 0 radical (unpaired) electrons. The highest BCUT2D eigenvalue weighted by molar-refractivity contribution is 7.15. The molecule has 806 valence electrons. The number of rotatable bonds is 54. The van der Waals surface area contributed by atoms with Crippen molar-refractivity contribution in [2.45, 2.75) is 365 Å². The Bertz CT molecular complexity index is 5650. The lowest BCUT2D eigenvalue weighted by Gasteiger charge is -2.25. The molecule has 30 heteroatoms. The fourth-order valence-corrected chi connectivity index (χ4v) is 24.5. The summed E-state index contributed by atoms with van der Waals surface area (Å²) in [6.07, 6.45) is 40.2. The van der Waals surface area contributed by atoms with Gasteiger partial charge in [0.25, 0.3) is 0 Å². The van der Waals surface area contributed by atoms with Crippen LogP contribution in [0.15, 0.2) is 194 Å². The first kappa shape index (κ1) is 119. The summed E-state index contributed by atoms with van der Waals surface area (Å²) in [6.45, 7) is 10.7. The number of hydrogen-bond acceptors (Lipinski definition) is 20. The van der Waals surface area contributed by atoms with Crippen LogP contribution in [0.4, 0.5) is 28.4 Å². The van der Waals surface area contributed by atoms with Gasteiger partial charge in [-0.3, -0.25) is 28.8 Å². The molecule has 5 fully saturated rings. The van der Waals surface area contributed by atoms with Gasteiger partial charge in [-0.1, -0.05) is 185 Å². The molecule has 25 nitrogen and oxygen atoms in total. The molecule has 0 aliphatic carbocycles. The Morgan fingerprint density at radius 1 is 0.287 bits per heavy atom. The predicted molar refractivity (Wildman–Crippen MR) is 601 cm³/mol. The van der Waals surface area contributed by atoms with Gasteiger partial charge in [-0.2, -0.15) is 0 Å². The summed E-state index contributed by atoms with van der Waals surface area (Å²) in [5.74, 6) is -3.56. The van der Waals surface area contributed by atoms with Crippen LogP contribution in [-0.4, -0.2) is 141 Å². The zero-order valence-corrected chi connectivity index (χ0v) is 91.5. The smallest absolute Gasteiger partial charge is 0.345 e. The maximum Gasteiger partial charge on any atom is 0.345 e. The van der Waals surface area contributed by atoms with Crippen molar-refractivity contribution >= 4 is 150 Å². The fourth-order valence-electron chi connectivity index (χ4n) is 20.1. The Labute approximate surface area is 903 Å². The van der Waals surface area contributed by atoms with Gasteiger partial charge in [-0.05, 0) is 303 Å². The minimum atomic E-state index is -0.901. The van der Waals surface area contributed by atoms with Gasteiger partial charge in [0.2, 0.25) is 29.5 Å². The zero-order chi connectivity index (χ0) is 108. The van der Waals surface area contributed by atoms with Crippen LogP contribution >= 0.6 is 56.7 Å². The van der Waals surface area contributed by atoms with Gasteiger partial charge < -0.3 is 70.5 Å². The molecular formula is C120H151N5O20S5. The van der Waals surface area contributed by atoms with E-state index in [1.807, 2.05) is 188 Å². The molecule has 9 atom stereocenters. The fraction of sp³-hybridized carbons (Fsp3) is 0.475. The molecule has 0 saturated carbocycles. The summed E-state index contributed by atoms with van der Waals surface area (Å²) in [5, 5.41) is 86.6. The van der Waals surface area contributed by atoms with E-state index >= 15 is 0 Å². The summed E-state index contributed by atoms with van der Waals surface area (Å²) >= 11 is 6.58. The number of carbonyl (C=O) groups is 11. The third-order valence-corrected chi connectivity index (χ3v) is 34.1. The molecule has 10 heterocycles. The lowest BCUT2D eigenvalue weighted by Crippen LogP contribution is -2.32. The van der Waals surface area contributed by atoms with Crippen molar-refractivity contribution < 1.29 is 98.7 Å². The van der Waals surface area contributed by atoms with Crippen molar-refractivity contribution in [3.8, 4) is 0 Å². The quantitative estimate of drug-likeness (QED) is 0.00971. The lowest BCUT2D eigenvalue weighted by atomic mass is 10.0. The maximum absolute atomic E-state index is 12.5. The average Bonchev–Trinajstić information content (AvgIpc) is 1.80. The molecule has 9 N–H and O–H groups in total. The molecule has 5 aromatic heterocycles. The maximum atomic E-state index is 12.5. The standard InChI is InChI=1S/3C24H31NO4S.2C24H29NO4S/c5*1-2-3-4-8-21(26)17-9-11-19(12-10-17)25-18(13-16-23(25)27)6-5-7-20-14-15-22(30-20)24(28)29/h3*9-12,14-15,18,21,26H,2-8,13,16H2,1H3,(H,28,29);9-12,14-15,18H,2-8,13,16H2,1H3,(H,28,29);5-6,9-12,14-15,18,21,26H,2-4,7-8,13,16H2,1H3,(H,28,29)/t18-,21?;18-,21+;18-,21-;18-;18-,21?/m00000/s1. The molecule has 2 unspecified atom stereocenters. The van der Waals surface area contributed by atoms with E-state index < -0.39 is 54.3 Å². The van der Waals surface area contributed by atoms with Crippen LogP contribution in [-0.2, 0) is 56.1 Å². The number of hydrogen-bond donors (Lipinski definition) is 9. The highest BCUT2D eigenvalue weighted by Crippen LogP contribution is 2.40. The van der Waals surface area contributed by atoms with E-state index in [1.165, 1.54) is 56.7 Å². The third-order valence-electron chi connectivity index (χ3n) is 28.5. The molecule has 5 aromatic carbocycles. The number of ketones is 1. The first-order valence-electron chi connectivity index (χ1n) is 54.1. The molecule has 5 saturated heterocycles. The van der Waals surface area contributed by atoms with Crippen molar-refractivity contribution in [2.24, 2.45) is 0 Å². The van der Waals surface area contributed by atoms with Crippen LogP contribution in [0, 0.1) is 0 Å². The number of aliphatic hydroxyl groups excluding tert-OH is 4. The number of thiophene rings is 5. The summed E-state index contributed by atoms with van der Waals surface area (Å²) in [4.78, 5) is 146. The molecule has 5 aliphatic rings. The number of aliphatic hydroxyl groups is 4. The molecule has 10 aromatic rings. The van der Waals surface area contributed by atoms with Crippen LogP contribution in [0.2, 0.25) is 0 Å². The monoisotopic (exact) mass is 2140 g/mol. The van der Waals surface area contributed by atoms with Crippen LogP contribution in [0.3, 0.4) is 0 Å². The molecule has 5 aliphatic heterocycles. The highest BCUT2D eigenvalue weighted by atomic mass is 32.1. The number of nitrogens with zero attached hydrogens (tertiary/aromatic N) is 5. The van der Waals surface area contributed by atoms with E-state index in [2.05, 4.69) is 34.6 Å². The number of Topliss-reactive ketones (excluding diaryl/α,β-unsaturated/α-hetero) is 1.